The summed E-state index contributed by atoms with van der Waals surface area (Å²) in [4.78, 5) is 16.4. The summed E-state index contributed by atoms with van der Waals surface area (Å²) in [6.45, 7) is -0.0453. The lowest BCUT2D eigenvalue weighted by atomic mass is 10.4. The van der Waals surface area contributed by atoms with Gasteiger partial charge in [-0.05, 0) is 24.3 Å². The molecule has 0 radical (unpaired) electrons. The first-order valence-corrected chi connectivity index (χ1v) is 8.39. The first-order valence-electron chi connectivity index (χ1n) is 6.74. The molecule has 0 aliphatic rings. The fraction of sp³-hybridized carbons (Fsp3) is 0.214. The summed E-state index contributed by atoms with van der Waals surface area (Å²) >= 11 is 0. The quantitative estimate of drug-likeness (QED) is 0.656. The normalized spacial score (nSPS) is 11.9. The summed E-state index contributed by atoms with van der Waals surface area (Å²) in [5.74, 6) is -0.794. The maximum atomic E-state index is 12.9. The van der Waals surface area contributed by atoms with Crippen molar-refractivity contribution < 1.29 is 12.8 Å². The number of rotatable bonds is 4. The van der Waals surface area contributed by atoms with Crippen LogP contribution < -0.4 is 5.56 Å². The van der Waals surface area contributed by atoms with Gasteiger partial charge in [0.2, 0.25) is 0 Å². The smallest absolute Gasteiger partial charge is 0.264 e. The Kier molecular flexibility index (Phi) is 3.72. The zero-order valence-electron chi connectivity index (χ0n) is 12.2. The van der Waals surface area contributed by atoms with Crippen molar-refractivity contribution in [2.75, 3.05) is 5.75 Å². The molecule has 120 valence electrons. The van der Waals surface area contributed by atoms with Crippen molar-refractivity contribution >= 4 is 20.9 Å². The van der Waals surface area contributed by atoms with Crippen molar-refractivity contribution in [1.29, 1.82) is 0 Å². The first kappa shape index (κ1) is 15.3. The molecule has 0 N–H and O–H groups in total. The van der Waals surface area contributed by atoms with Crippen LogP contribution in [0.25, 0.3) is 11.0 Å². The zero-order valence-corrected chi connectivity index (χ0v) is 13.0. The summed E-state index contributed by atoms with van der Waals surface area (Å²) in [7, 11) is -1.95. The molecule has 3 rings (SSSR count). The summed E-state index contributed by atoms with van der Waals surface area (Å²) in [6.07, 6.45) is 2.70. The molecule has 3 aromatic rings. The molecule has 0 fully saturated rings. The van der Waals surface area contributed by atoms with Crippen LogP contribution in [-0.2, 0) is 23.4 Å². The van der Waals surface area contributed by atoms with Crippen LogP contribution in [0.3, 0.4) is 0 Å². The van der Waals surface area contributed by atoms with Crippen molar-refractivity contribution in [2.24, 2.45) is 7.05 Å². The Morgan fingerprint density at radius 3 is 2.61 bits per heavy atom. The van der Waals surface area contributed by atoms with Gasteiger partial charge in [0, 0.05) is 13.6 Å². The van der Waals surface area contributed by atoms with Crippen LogP contribution in [0.4, 0.5) is 4.39 Å². The van der Waals surface area contributed by atoms with E-state index < -0.39 is 15.7 Å². The highest BCUT2D eigenvalue weighted by atomic mass is 32.2. The molecule has 0 atom stereocenters. The molecule has 7 nitrogen and oxygen atoms in total. The maximum Gasteiger partial charge on any atom is 0.264 e. The van der Waals surface area contributed by atoms with E-state index in [9.17, 15) is 17.6 Å². The minimum atomic E-state index is -3.62. The number of nitrogens with zero attached hydrogens (tertiary/aromatic N) is 4. The van der Waals surface area contributed by atoms with Crippen molar-refractivity contribution in [3.8, 4) is 0 Å². The third kappa shape index (κ3) is 2.87. The van der Waals surface area contributed by atoms with Crippen LogP contribution in [0, 0.1) is 5.82 Å². The lowest BCUT2D eigenvalue weighted by Gasteiger charge is -2.07. The maximum absolute atomic E-state index is 12.9. The summed E-state index contributed by atoms with van der Waals surface area (Å²) in [6, 6.07) is 4.58. The second-order valence-electron chi connectivity index (χ2n) is 5.02. The van der Waals surface area contributed by atoms with E-state index in [1.165, 1.54) is 33.9 Å². The summed E-state index contributed by atoms with van der Waals surface area (Å²) < 4.78 is 40.0. The Balaban J connectivity index is 1.87. The van der Waals surface area contributed by atoms with Gasteiger partial charge in [0.25, 0.3) is 5.56 Å². The van der Waals surface area contributed by atoms with Crippen molar-refractivity contribution in [1.82, 2.24) is 19.3 Å². The number of hydrogen-bond acceptors (Lipinski definition) is 5. The van der Waals surface area contributed by atoms with E-state index in [-0.39, 0.29) is 22.8 Å². The van der Waals surface area contributed by atoms with Gasteiger partial charge in [0.05, 0.1) is 23.2 Å². The van der Waals surface area contributed by atoms with Crippen LogP contribution >= 0.6 is 0 Å². The average molecular weight is 336 g/mol. The van der Waals surface area contributed by atoms with Crippen molar-refractivity contribution in [3.05, 3.63) is 53.0 Å². The van der Waals surface area contributed by atoms with Gasteiger partial charge in [0.1, 0.15) is 11.2 Å². The van der Waals surface area contributed by atoms with E-state index in [4.69, 9.17) is 0 Å². The molecule has 9 heteroatoms. The van der Waals surface area contributed by atoms with Crippen molar-refractivity contribution in [2.45, 2.75) is 11.4 Å². The number of aryl methyl sites for hydroxylation is 2. The molecule has 0 aliphatic carbocycles. The molecule has 0 aliphatic heterocycles. The van der Waals surface area contributed by atoms with Gasteiger partial charge < -0.3 is 0 Å². The van der Waals surface area contributed by atoms with Crippen LogP contribution in [0.5, 0.6) is 0 Å². The first-order chi connectivity index (χ1) is 10.9. The molecule has 0 bridgehead atoms. The Morgan fingerprint density at radius 2 is 1.91 bits per heavy atom. The third-order valence-corrected chi connectivity index (χ3v) is 5.20. The summed E-state index contributed by atoms with van der Waals surface area (Å²) in [5, 5.41) is 4.28. The third-order valence-electron chi connectivity index (χ3n) is 3.49. The highest BCUT2D eigenvalue weighted by molar-refractivity contribution is 7.91. The van der Waals surface area contributed by atoms with Gasteiger partial charge in [-0.25, -0.2) is 17.8 Å². The molecule has 0 saturated heterocycles. The minimum Gasteiger partial charge on any atom is -0.298 e. The molecule has 0 saturated carbocycles. The average Bonchev–Trinajstić information content (AvgIpc) is 2.89. The predicted octanol–water partition coefficient (Wildman–Crippen LogP) is 0.743. The molecule has 23 heavy (non-hydrogen) atoms. The summed E-state index contributed by atoms with van der Waals surface area (Å²) in [5.41, 5.74) is 0.0880. The SMILES string of the molecule is Cn1ncc2c(=O)n(CCS(=O)(=O)c3ccc(F)cc3)cnc21. The van der Waals surface area contributed by atoms with Crippen LogP contribution in [-0.4, -0.2) is 33.5 Å². The Morgan fingerprint density at radius 1 is 1.22 bits per heavy atom. The molecular weight excluding hydrogens is 323 g/mol. The second kappa shape index (κ2) is 5.58. The van der Waals surface area contributed by atoms with E-state index in [0.717, 1.165) is 12.1 Å². The number of sulfone groups is 1. The fourth-order valence-corrected chi connectivity index (χ4v) is 3.43. The van der Waals surface area contributed by atoms with E-state index in [1.807, 2.05) is 0 Å². The van der Waals surface area contributed by atoms with E-state index in [2.05, 4.69) is 10.1 Å². The number of halogens is 1. The Labute approximate surface area is 130 Å². The molecule has 0 spiro atoms. The highest BCUT2D eigenvalue weighted by Crippen LogP contribution is 2.12. The molecule has 2 aromatic heterocycles. The molecule has 2 heterocycles. The van der Waals surface area contributed by atoms with Crippen molar-refractivity contribution in [3.63, 3.8) is 0 Å². The van der Waals surface area contributed by atoms with Crippen LogP contribution in [0.15, 0.2) is 46.5 Å². The zero-order chi connectivity index (χ0) is 16.6. The number of aromatic nitrogens is 4. The molecular formula is C14H13FN4O3S. The van der Waals surface area contributed by atoms with Gasteiger partial charge in [-0.1, -0.05) is 0 Å². The Bertz CT molecular complexity index is 1020. The highest BCUT2D eigenvalue weighted by Gasteiger charge is 2.16. The van der Waals surface area contributed by atoms with E-state index in [0.29, 0.717) is 11.0 Å². The molecule has 0 amide bonds. The van der Waals surface area contributed by atoms with Gasteiger partial charge in [-0.2, -0.15) is 5.10 Å². The molecule has 0 unspecified atom stereocenters. The Hall–Kier alpha value is -2.55. The van der Waals surface area contributed by atoms with Crippen LogP contribution in [0.1, 0.15) is 0 Å². The monoisotopic (exact) mass is 336 g/mol. The fourth-order valence-electron chi connectivity index (χ4n) is 2.20. The molecule has 1 aromatic carbocycles. The standard InChI is InChI=1S/C14H13FN4O3S/c1-18-13-12(8-17-18)14(20)19(9-16-13)6-7-23(21,22)11-4-2-10(15)3-5-11/h2-5,8-9H,6-7H2,1H3. The lowest BCUT2D eigenvalue weighted by molar-refractivity contribution is 0.585. The lowest BCUT2D eigenvalue weighted by Crippen LogP contribution is -2.24. The van der Waals surface area contributed by atoms with Gasteiger partial charge >= 0.3 is 0 Å². The largest absolute Gasteiger partial charge is 0.298 e. The second-order valence-corrected chi connectivity index (χ2v) is 7.13. The number of benzene rings is 1. The minimum absolute atomic E-state index is 0.0161. The van der Waals surface area contributed by atoms with Gasteiger partial charge in [-0.15, -0.1) is 0 Å². The van der Waals surface area contributed by atoms with Crippen LogP contribution in [0.2, 0.25) is 0 Å². The predicted molar refractivity (Wildman–Crippen MR) is 81.2 cm³/mol. The topological polar surface area (TPSA) is 86.9 Å². The van der Waals surface area contributed by atoms with E-state index in [1.54, 1.807) is 7.05 Å². The van der Waals surface area contributed by atoms with Gasteiger partial charge in [0.15, 0.2) is 15.5 Å². The number of fused-ring (bicyclic) bond motifs is 1. The number of hydrogen-bond donors (Lipinski definition) is 0. The van der Waals surface area contributed by atoms with E-state index >= 15 is 0 Å². The van der Waals surface area contributed by atoms with Gasteiger partial charge in [-0.3, -0.25) is 14.0 Å².